The van der Waals surface area contributed by atoms with Crippen molar-refractivity contribution in [3.05, 3.63) is 12.2 Å². The zero-order valence-electron chi connectivity index (χ0n) is 6.45. The van der Waals surface area contributed by atoms with E-state index in [0.717, 1.165) is 0 Å². The zero-order chi connectivity index (χ0) is 8.36. The van der Waals surface area contributed by atoms with Crippen LogP contribution < -0.4 is 0 Å². The van der Waals surface area contributed by atoms with Gasteiger partial charge in [0, 0.05) is 5.57 Å². The average molecular weight is 150 g/mol. The maximum absolute atomic E-state index is 12.5. The minimum Gasteiger partial charge on any atom is -0.314 e. The summed E-state index contributed by atoms with van der Waals surface area (Å²) in [6, 6.07) is 0. The Bertz CT molecular complexity index is 130. The van der Waals surface area contributed by atoms with Gasteiger partial charge in [-0.05, 0) is 20.8 Å². The van der Waals surface area contributed by atoms with E-state index in [4.69, 9.17) is 0 Å². The standard InChI is InChI=1S/C7H12F2O/c1-5(2)7(8,9)10-6(3)4/h6H,1H2,2-4H3. The SMILES string of the molecule is C=C(C)C(F)(F)OC(C)C. The van der Waals surface area contributed by atoms with Crippen molar-refractivity contribution >= 4 is 0 Å². The van der Waals surface area contributed by atoms with Crippen molar-refractivity contribution in [3.63, 3.8) is 0 Å². The van der Waals surface area contributed by atoms with E-state index in [-0.39, 0.29) is 5.57 Å². The number of halogens is 2. The Morgan fingerprint density at radius 3 is 2.00 bits per heavy atom. The lowest BCUT2D eigenvalue weighted by Gasteiger charge is -2.18. The van der Waals surface area contributed by atoms with Crippen LogP contribution in [0.2, 0.25) is 0 Å². The van der Waals surface area contributed by atoms with E-state index in [2.05, 4.69) is 11.3 Å². The molecular formula is C7H12F2O. The lowest BCUT2D eigenvalue weighted by atomic mass is 10.3. The Morgan fingerprint density at radius 1 is 1.50 bits per heavy atom. The molecule has 1 nitrogen and oxygen atoms in total. The van der Waals surface area contributed by atoms with Crippen molar-refractivity contribution in [3.8, 4) is 0 Å². The fourth-order valence-electron chi connectivity index (χ4n) is 0.397. The highest BCUT2D eigenvalue weighted by atomic mass is 19.3. The van der Waals surface area contributed by atoms with Gasteiger partial charge in [-0.25, -0.2) is 0 Å². The second kappa shape index (κ2) is 3.10. The van der Waals surface area contributed by atoms with Gasteiger partial charge >= 0.3 is 6.11 Å². The smallest absolute Gasteiger partial charge is 0.314 e. The Labute approximate surface area is 59.7 Å². The molecule has 0 atom stereocenters. The molecule has 10 heavy (non-hydrogen) atoms. The molecule has 0 unspecified atom stereocenters. The summed E-state index contributed by atoms with van der Waals surface area (Å²) in [6.07, 6.45) is -3.65. The van der Waals surface area contributed by atoms with Crippen LogP contribution in [0.3, 0.4) is 0 Å². The first-order chi connectivity index (χ1) is 4.36. The van der Waals surface area contributed by atoms with Gasteiger partial charge in [-0.15, -0.1) is 0 Å². The van der Waals surface area contributed by atoms with Crippen molar-refractivity contribution in [2.75, 3.05) is 0 Å². The highest BCUT2D eigenvalue weighted by Crippen LogP contribution is 2.24. The van der Waals surface area contributed by atoms with E-state index in [1.54, 1.807) is 13.8 Å². The van der Waals surface area contributed by atoms with Crippen molar-refractivity contribution in [1.29, 1.82) is 0 Å². The number of hydrogen-bond acceptors (Lipinski definition) is 1. The maximum atomic E-state index is 12.5. The van der Waals surface area contributed by atoms with Crippen molar-refractivity contribution < 1.29 is 13.5 Å². The molecule has 0 radical (unpaired) electrons. The third kappa shape index (κ3) is 2.92. The van der Waals surface area contributed by atoms with Gasteiger partial charge in [-0.3, -0.25) is 0 Å². The van der Waals surface area contributed by atoms with Crippen LogP contribution in [-0.4, -0.2) is 12.2 Å². The summed E-state index contributed by atoms with van der Waals surface area (Å²) >= 11 is 0. The molecule has 0 aromatic heterocycles. The molecule has 0 saturated heterocycles. The average Bonchev–Trinajstić information content (AvgIpc) is 1.60. The molecule has 0 bridgehead atoms. The molecule has 0 rings (SSSR count). The van der Waals surface area contributed by atoms with E-state index in [1.165, 1.54) is 6.92 Å². The molecule has 0 aromatic rings. The predicted molar refractivity (Wildman–Crippen MR) is 36.0 cm³/mol. The van der Waals surface area contributed by atoms with Crippen LogP contribution >= 0.6 is 0 Å². The number of alkyl halides is 2. The van der Waals surface area contributed by atoms with Gasteiger partial charge in [-0.2, -0.15) is 8.78 Å². The fraction of sp³-hybridized carbons (Fsp3) is 0.714. The van der Waals surface area contributed by atoms with Crippen LogP contribution in [-0.2, 0) is 4.74 Å². The minimum absolute atomic E-state index is 0.263. The van der Waals surface area contributed by atoms with Crippen LogP contribution in [0.4, 0.5) is 8.78 Å². The third-order valence-corrected chi connectivity index (χ3v) is 0.881. The van der Waals surface area contributed by atoms with Gasteiger partial charge in [0.2, 0.25) is 0 Å². The van der Waals surface area contributed by atoms with Crippen molar-refractivity contribution in [2.24, 2.45) is 0 Å². The highest BCUT2D eigenvalue weighted by molar-refractivity contribution is 4.97. The Morgan fingerprint density at radius 2 is 1.90 bits per heavy atom. The van der Waals surface area contributed by atoms with Crippen LogP contribution in [0, 0.1) is 0 Å². The van der Waals surface area contributed by atoms with E-state index in [1.807, 2.05) is 0 Å². The second-order valence-corrected chi connectivity index (χ2v) is 2.46. The highest BCUT2D eigenvalue weighted by Gasteiger charge is 2.31. The number of ether oxygens (including phenoxy) is 1. The molecule has 0 aliphatic heterocycles. The Kier molecular flexibility index (Phi) is 2.96. The Hall–Kier alpha value is -0.440. The van der Waals surface area contributed by atoms with E-state index < -0.39 is 12.2 Å². The molecule has 0 fully saturated rings. The van der Waals surface area contributed by atoms with Crippen LogP contribution in [0.5, 0.6) is 0 Å². The maximum Gasteiger partial charge on any atom is 0.379 e. The van der Waals surface area contributed by atoms with Gasteiger partial charge in [0.05, 0.1) is 6.10 Å². The topological polar surface area (TPSA) is 9.23 Å². The minimum atomic E-state index is -3.17. The van der Waals surface area contributed by atoms with E-state index >= 15 is 0 Å². The Balaban J connectivity index is 4.00. The van der Waals surface area contributed by atoms with Gasteiger partial charge in [0.15, 0.2) is 0 Å². The van der Waals surface area contributed by atoms with Crippen LogP contribution in [0.25, 0.3) is 0 Å². The molecule has 0 spiro atoms. The summed E-state index contributed by atoms with van der Waals surface area (Å²) in [4.78, 5) is 0. The molecule has 0 saturated carbocycles. The van der Waals surface area contributed by atoms with Crippen molar-refractivity contribution in [2.45, 2.75) is 33.0 Å². The normalized spacial score (nSPS) is 12.2. The first kappa shape index (κ1) is 9.56. The summed E-state index contributed by atoms with van der Waals surface area (Å²) in [5, 5.41) is 0. The first-order valence-electron chi connectivity index (χ1n) is 3.08. The third-order valence-electron chi connectivity index (χ3n) is 0.881. The molecule has 0 heterocycles. The summed E-state index contributed by atoms with van der Waals surface area (Å²) in [7, 11) is 0. The lowest BCUT2D eigenvalue weighted by molar-refractivity contribution is -0.227. The first-order valence-corrected chi connectivity index (χ1v) is 3.08. The van der Waals surface area contributed by atoms with Gasteiger partial charge in [0.25, 0.3) is 0 Å². The molecule has 0 aromatic carbocycles. The van der Waals surface area contributed by atoms with E-state index in [0.29, 0.717) is 0 Å². The molecule has 60 valence electrons. The molecule has 0 N–H and O–H groups in total. The van der Waals surface area contributed by atoms with Gasteiger partial charge < -0.3 is 4.74 Å². The lowest BCUT2D eigenvalue weighted by Crippen LogP contribution is -2.25. The quantitative estimate of drug-likeness (QED) is 0.562. The number of rotatable bonds is 3. The van der Waals surface area contributed by atoms with Crippen molar-refractivity contribution in [1.82, 2.24) is 0 Å². The molecule has 3 heteroatoms. The zero-order valence-corrected chi connectivity index (χ0v) is 6.45. The van der Waals surface area contributed by atoms with Gasteiger partial charge in [0.1, 0.15) is 0 Å². The van der Waals surface area contributed by atoms with E-state index in [9.17, 15) is 8.78 Å². The van der Waals surface area contributed by atoms with Gasteiger partial charge in [-0.1, -0.05) is 6.58 Å². The van der Waals surface area contributed by atoms with Crippen LogP contribution in [0.1, 0.15) is 20.8 Å². The largest absolute Gasteiger partial charge is 0.379 e. The second-order valence-electron chi connectivity index (χ2n) is 2.46. The molecular weight excluding hydrogens is 138 g/mol. The summed E-state index contributed by atoms with van der Waals surface area (Å²) < 4.78 is 29.2. The fourth-order valence-corrected chi connectivity index (χ4v) is 0.397. The predicted octanol–water partition coefficient (Wildman–Crippen LogP) is 2.58. The molecule has 0 amide bonds. The number of hydrogen-bond donors (Lipinski definition) is 0. The molecule has 0 aliphatic carbocycles. The monoisotopic (exact) mass is 150 g/mol. The summed E-state index contributed by atoms with van der Waals surface area (Å²) in [6.45, 7) is 7.45. The summed E-state index contributed by atoms with van der Waals surface area (Å²) in [5.41, 5.74) is -0.263. The molecule has 0 aliphatic rings. The van der Waals surface area contributed by atoms with Crippen LogP contribution in [0.15, 0.2) is 12.2 Å². The summed E-state index contributed by atoms with van der Waals surface area (Å²) in [5.74, 6) is 0.